The van der Waals surface area contributed by atoms with Crippen LogP contribution in [0, 0.1) is 17.1 Å². The minimum Gasteiger partial charge on any atom is -0.493 e. The fourth-order valence-electron chi connectivity index (χ4n) is 1.78. The number of ether oxygens (including phenoxy) is 3. The Morgan fingerprint density at radius 2 is 2.24 bits per heavy atom. The van der Waals surface area contributed by atoms with E-state index in [0.717, 1.165) is 6.42 Å². The summed E-state index contributed by atoms with van der Waals surface area (Å²) in [5.74, 6) is 0.270. The molecule has 90 valence electrons. The number of fused-ring (bicyclic) bond motifs is 1. The molecule has 0 aromatic heterocycles. The topological polar surface area (TPSA) is 51.5 Å². The maximum absolute atomic E-state index is 13.7. The van der Waals surface area contributed by atoms with E-state index in [9.17, 15) is 4.39 Å². The average molecular weight is 237 g/mol. The van der Waals surface area contributed by atoms with Crippen LogP contribution in [0.4, 0.5) is 4.39 Å². The van der Waals surface area contributed by atoms with Gasteiger partial charge in [-0.25, -0.2) is 4.39 Å². The summed E-state index contributed by atoms with van der Waals surface area (Å²) in [6, 6.07) is 3.21. The van der Waals surface area contributed by atoms with Crippen LogP contribution in [0.2, 0.25) is 0 Å². The van der Waals surface area contributed by atoms with Gasteiger partial charge >= 0.3 is 0 Å². The highest BCUT2D eigenvalue weighted by molar-refractivity contribution is 5.56. The number of rotatable bonds is 2. The van der Waals surface area contributed by atoms with E-state index in [1.165, 1.54) is 13.2 Å². The first-order valence-corrected chi connectivity index (χ1v) is 5.30. The molecule has 0 atom stereocenters. The van der Waals surface area contributed by atoms with Gasteiger partial charge in [-0.15, -0.1) is 0 Å². The molecule has 5 heteroatoms. The molecular formula is C12H12FNO3. The number of nitriles is 1. The minimum absolute atomic E-state index is 0.0205. The Kier molecular flexibility index (Phi) is 3.33. The summed E-state index contributed by atoms with van der Waals surface area (Å²) in [5.41, 5.74) is 0.409. The third-order valence-electron chi connectivity index (χ3n) is 2.50. The molecule has 1 heterocycles. The van der Waals surface area contributed by atoms with Gasteiger partial charge < -0.3 is 14.2 Å². The van der Waals surface area contributed by atoms with Crippen LogP contribution in [0.15, 0.2) is 6.07 Å². The van der Waals surface area contributed by atoms with Gasteiger partial charge in [0.15, 0.2) is 23.1 Å². The average Bonchev–Trinajstić information content (AvgIpc) is 2.54. The predicted molar refractivity (Wildman–Crippen MR) is 57.9 cm³/mol. The van der Waals surface area contributed by atoms with Crippen LogP contribution in [0.1, 0.15) is 12.0 Å². The molecule has 1 aromatic carbocycles. The SMILES string of the molecule is COc1c(F)cc2c(c1CC#N)OCCCO2. The van der Waals surface area contributed by atoms with Crippen LogP contribution in [-0.2, 0) is 6.42 Å². The van der Waals surface area contributed by atoms with Crippen molar-refractivity contribution in [2.75, 3.05) is 20.3 Å². The Bertz CT molecular complexity index is 468. The second-order valence-corrected chi connectivity index (χ2v) is 3.58. The molecule has 4 nitrogen and oxygen atoms in total. The van der Waals surface area contributed by atoms with Crippen molar-refractivity contribution in [1.82, 2.24) is 0 Å². The number of nitrogens with zero attached hydrogens (tertiary/aromatic N) is 1. The van der Waals surface area contributed by atoms with E-state index >= 15 is 0 Å². The minimum atomic E-state index is -0.540. The molecule has 0 amide bonds. The molecule has 2 rings (SSSR count). The summed E-state index contributed by atoms with van der Waals surface area (Å²) in [6.07, 6.45) is 0.747. The largest absolute Gasteiger partial charge is 0.493 e. The molecule has 0 N–H and O–H groups in total. The van der Waals surface area contributed by atoms with Gasteiger partial charge in [0.05, 0.1) is 38.4 Å². The zero-order chi connectivity index (χ0) is 12.3. The standard InChI is InChI=1S/C12H12FNO3/c1-15-11-8(3-4-14)12-10(7-9(11)13)16-5-2-6-17-12/h7H,2-3,5-6H2,1H3. The summed E-state index contributed by atoms with van der Waals surface area (Å²) in [6.45, 7) is 0.963. The van der Waals surface area contributed by atoms with E-state index in [1.54, 1.807) is 0 Å². The summed E-state index contributed by atoms with van der Waals surface area (Å²) < 4.78 is 29.6. The maximum atomic E-state index is 13.7. The quantitative estimate of drug-likeness (QED) is 0.790. The van der Waals surface area contributed by atoms with Crippen LogP contribution >= 0.6 is 0 Å². The first-order valence-electron chi connectivity index (χ1n) is 5.30. The van der Waals surface area contributed by atoms with Gasteiger partial charge in [-0.2, -0.15) is 5.26 Å². The molecule has 0 fully saturated rings. The highest BCUT2D eigenvalue weighted by Gasteiger charge is 2.22. The molecule has 0 spiro atoms. The van der Waals surface area contributed by atoms with Gasteiger partial charge in [0.2, 0.25) is 0 Å². The van der Waals surface area contributed by atoms with Crippen LogP contribution in [0.5, 0.6) is 17.2 Å². The Hall–Kier alpha value is -1.96. The van der Waals surface area contributed by atoms with Gasteiger partial charge in [-0.3, -0.25) is 0 Å². The van der Waals surface area contributed by atoms with Crippen molar-refractivity contribution in [3.8, 4) is 23.3 Å². The fourth-order valence-corrected chi connectivity index (χ4v) is 1.78. The van der Waals surface area contributed by atoms with E-state index in [2.05, 4.69) is 0 Å². The molecule has 1 aliphatic heterocycles. The maximum Gasteiger partial charge on any atom is 0.169 e. The Labute approximate surface area is 98.5 Å². The first-order chi connectivity index (χ1) is 8.27. The lowest BCUT2D eigenvalue weighted by Crippen LogP contribution is -2.02. The fraction of sp³-hybridized carbons (Fsp3) is 0.417. The molecule has 17 heavy (non-hydrogen) atoms. The van der Waals surface area contributed by atoms with Crippen molar-refractivity contribution in [3.63, 3.8) is 0 Å². The highest BCUT2D eigenvalue weighted by atomic mass is 19.1. The van der Waals surface area contributed by atoms with Crippen molar-refractivity contribution < 1.29 is 18.6 Å². The monoisotopic (exact) mass is 237 g/mol. The Morgan fingerprint density at radius 3 is 2.94 bits per heavy atom. The summed E-state index contributed by atoms with van der Waals surface area (Å²) in [7, 11) is 1.36. The van der Waals surface area contributed by atoms with Gasteiger partial charge in [0.1, 0.15) is 0 Å². The zero-order valence-electron chi connectivity index (χ0n) is 9.46. The lowest BCUT2D eigenvalue weighted by atomic mass is 10.1. The van der Waals surface area contributed by atoms with Crippen molar-refractivity contribution in [1.29, 1.82) is 5.26 Å². The molecule has 1 aliphatic rings. The number of methoxy groups -OCH3 is 1. The number of benzene rings is 1. The molecule has 0 saturated heterocycles. The van der Waals surface area contributed by atoms with Gasteiger partial charge in [-0.05, 0) is 0 Å². The molecule has 1 aromatic rings. The van der Waals surface area contributed by atoms with Crippen molar-refractivity contribution in [2.45, 2.75) is 12.8 Å². The van der Waals surface area contributed by atoms with Crippen LogP contribution in [0.3, 0.4) is 0 Å². The first kappa shape index (κ1) is 11.5. The van der Waals surface area contributed by atoms with E-state index in [4.69, 9.17) is 19.5 Å². The molecular weight excluding hydrogens is 225 g/mol. The second kappa shape index (κ2) is 4.91. The lowest BCUT2D eigenvalue weighted by Gasteiger charge is -2.15. The zero-order valence-corrected chi connectivity index (χ0v) is 9.46. The van der Waals surface area contributed by atoms with E-state index in [1.807, 2.05) is 6.07 Å². The van der Waals surface area contributed by atoms with Crippen LogP contribution in [0.25, 0.3) is 0 Å². The van der Waals surface area contributed by atoms with E-state index in [0.29, 0.717) is 30.3 Å². The van der Waals surface area contributed by atoms with Crippen molar-refractivity contribution >= 4 is 0 Å². The van der Waals surface area contributed by atoms with Crippen molar-refractivity contribution in [2.24, 2.45) is 0 Å². The smallest absolute Gasteiger partial charge is 0.169 e. The molecule has 0 aliphatic carbocycles. The van der Waals surface area contributed by atoms with Gasteiger partial charge in [-0.1, -0.05) is 0 Å². The van der Waals surface area contributed by atoms with Gasteiger partial charge in [0, 0.05) is 12.5 Å². The highest BCUT2D eigenvalue weighted by Crippen LogP contribution is 2.41. The van der Waals surface area contributed by atoms with E-state index < -0.39 is 5.82 Å². The number of hydrogen-bond donors (Lipinski definition) is 0. The summed E-state index contributed by atoms with van der Waals surface area (Å²) in [4.78, 5) is 0. The number of hydrogen-bond acceptors (Lipinski definition) is 4. The summed E-state index contributed by atoms with van der Waals surface area (Å²) in [5, 5.41) is 8.78. The molecule has 0 unspecified atom stereocenters. The molecule has 0 saturated carbocycles. The number of halogens is 1. The predicted octanol–water partition coefficient (Wildman–Crippen LogP) is 2.06. The molecule has 0 bridgehead atoms. The lowest BCUT2D eigenvalue weighted by molar-refractivity contribution is 0.296. The third-order valence-corrected chi connectivity index (χ3v) is 2.50. The van der Waals surface area contributed by atoms with Crippen LogP contribution < -0.4 is 14.2 Å². The Morgan fingerprint density at radius 1 is 1.47 bits per heavy atom. The van der Waals surface area contributed by atoms with Gasteiger partial charge in [0.25, 0.3) is 0 Å². The van der Waals surface area contributed by atoms with Crippen LogP contribution in [-0.4, -0.2) is 20.3 Å². The van der Waals surface area contributed by atoms with Crippen molar-refractivity contribution in [3.05, 3.63) is 17.4 Å². The second-order valence-electron chi connectivity index (χ2n) is 3.58. The Balaban J connectivity index is 2.58. The normalized spacial score (nSPS) is 13.7. The molecule has 0 radical (unpaired) electrons. The summed E-state index contributed by atoms with van der Waals surface area (Å²) >= 11 is 0. The van der Waals surface area contributed by atoms with E-state index in [-0.39, 0.29) is 12.2 Å². The third kappa shape index (κ3) is 2.11.